The summed E-state index contributed by atoms with van der Waals surface area (Å²) in [7, 11) is 0. The lowest BCUT2D eigenvalue weighted by molar-refractivity contribution is -0.126. The maximum Gasteiger partial charge on any atom is 0.237 e. The third kappa shape index (κ3) is 4.94. The van der Waals surface area contributed by atoms with Crippen LogP contribution in [0.15, 0.2) is 0 Å². The molecule has 0 bridgehead atoms. The first kappa shape index (κ1) is 15.4. The van der Waals surface area contributed by atoms with Gasteiger partial charge in [0, 0.05) is 19.1 Å². The molecule has 0 heterocycles. The van der Waals surface area contributed by atoms with E-state index in [1.54, 1.807) is 0 Å². The highest BCUT2D eigenvalue weighted by atomic mass is 16.2. The van der Waals surface area contributed by atoms with Crippen LogP contribution in [0.4, 0.5) is 0 Å². The zero-order valence-electron chi connectivity index (χ0n) is 12.0. The molecule has 18 heavy (non-hydrogen) atoms. The number of nitrogens with one attached hydrogen (secondary N) is 1. The van der Waals surface area contributed by atoms with E-state index in [1.807, 2.05) is 6.92 Å². The van der Waals surface area contributed by atoms with Crippen molar-refractivity contribution in [1.29, 1.82) is 0 Å². The monoisotopic (exact) mass is 255 g/mol. The van der Waals surface area contributed by atoms with Crippen LogP contribution >= 0.6 is 0 Å². The van der Waals surface area contributed by atoms with Crippen molar-refractivity contribution in [3.8, 4) is 0 Å². The van der Waals surface area contributed by atoms with Gasteiger partial charge in [-0.3, -0.25) is 9.69 Å². The number of rotatable bonds is 7. The standard InChI is InChI=1S/C14H29N3O/c1-3-10-17(11-9-15)12(2)14(18)16-13-7-5-4-6-8-13/h12-13H,3-11,15H2,1-2H3,(H,16,18). The van der Waals surface area contributed by atoms with Crippen LogP contribution in [0.1, 0.15) is 52.4 Å². The summed E-state index contributed by atoms with van der Waals surface area (Å²) < 4.78 is 0. The van der Waals surface area contributed by atoms with E-state index >= 15 is 0 Å². The van der Waals surface area contributed by atoms with Crippen molar-refractivity contribution in [1.82, 2.24) is 10.2 Å². The van der Waals surface area contributed by atoms with Gasteiger partial charge in [0.15, 0.2) is 0 Å². The molecule has 0 aromatic rings. The molecule has 1 saturated carbocycles. The zero-order valence-corrected chi connectivity index (χ0v) is 12.0. The lowest BCUT2D eigenvalue weighted by Gasteiger charge is -2.30. The normalized spacial score (nSPS) is 18.9. The molecule has 1 rings (SSSR count). The Morgan fingerprint density at radius 1 is 1.33 bits per heavy atom. The van der Waals surface area contributed by atoms with Crippen LogP contribution in [-0.2, 0) is 4.79 Å². The van der Waals surface area contributed by atoms with Crippen molar-refractivity contribution in [2.75, 3.05) is 19.6 Å². The van der Waals surface area contributed by atoms with Crippen molar-refractivity contribution in [3.05, 3.63) is 0 Å². The van der Waals surface area contributed by atoms with E-state index in [1.165, 1.54) is 19.3 Å². The molecule has 0 aromatic heterocycles. The van der Waals surface area contributed by atoms with Crippen LogP contribution in [0.2, 0.25) is 0 Å². The molecule has 1 fully saturated rings. The number of carbonyl (C=O) groups excluding carboxylic acids is 1. The fraction of sp³-hybridized carbons (Fsp3) is 0.929. The minimum Gasteiger partial charge on any atom is -0.352 e. The molecular formula is C14H29N3O. The highest BCUT2D eigenvalue weighted by molar-refractivity contribution is 5.81. The van der Waals surface area contributed by atoms with Crippen molar-refractivity contribution in [2.45, 2.75) is 64.5 Å². The summed E-state index contributed by atoms with van der Waals surface area (Å²) in [6.45, 7) is 6.48. The molecule has 4 heteroatoms. The fourth-order valence-electron chi connectivity index (χ4n) is 2.69. The minimum atomic E-state index is -0.0598. The molecular weight excluding hydrogens is 226 g/mol. The number of carbonyl (C=O) groups is 1. The summed E-state index contributed by atoms with van der Waals surface area (Å²) >= 11 is 0. The lowest BCUT2D eigenvalue weighted by atomic mass is 9.95. The molecule has 0 saturated heterocycles. The molecule has 1 atom stereocenters. The van der Waals surface area contributed by atoms with E-state index in [-0.39, 0.29) is 11.9 Å². The van der Waals surface area contributed by atoms with Gasteiger partial charge >= 0.3 is 0 Å². The van der Waals surface area contributed by atoms with Crippen LogP contribution < -0.4 is 11.1 Å². The van der Waals surface area contributed by atoms with Crippen molar-refractivity contribution < 1.29 is 4.79 Å². The second-order valence-corrected chi connectivity index (χ2v) is 5.34. The maximum absolute atomic E-state index is 12.2. The number of hydrogen-bond acceptors (Lipinski definition) is 3. The third-order valence-electron chi connectivity index (χ3n) is 3.81. The molecule has 0 spiro atoms. The van der Waals surface area contributed by atoms with Crippen LogP contribution in [0, 0.1) is 0 Å². The van der Waals surface area contributed by atoms with Crippen molar-refractivity contribution in [3.63, 3.8) is 0 Å². The topological polar surface area (TPSA) is 58.4 Å². The van der Waals surface area contributed by atoms with E-state index in [4.69, 9.17) is 5.73 Å². The molecule has 1 aliphatic carbocycles. The van der Waals surface area contributed by atoms with Gasteiger partial charge in [-0.05, 0) is 32.7 Å². The fourth-order valence-corrected chi connectivity index (χ4v) is 2.69. The van der Waals surface area contributed by atoms with Gasteiger partial charge in [0.25, 0.3) is 0 Å². The van der Waals surface area contributed by atoms with Gasteiger partial charge in [0.2, 0.25) is 5.91 Å². The zero-order chi connectivity index (χ0) is 13.4. The van der Waals surface area contributed by atoms with E-state index in [0.29, 0.717) is 12.6 Å². The Labute approximate surface area is 111 Å². The molecule has 0 radical (unpaired) electrons. The SMILES string of the molecule is CCCN(CCN)C(C)C(=O)NC1CCCCC1. The predicted octanol–water partition coefficient (Wildman–Crippen LogP) is 1.49. The minimum absolute atomic E-state index is 0.0598. The molecule has 1 unspecified atom stereocenters. The Balaban J connectivity index is 2.41. The average molecular weight is 255 g/mol. The number of nitrogens with two attached hydrogens (primary N) is 1. The van der Waals surface area contributed by atoms with Crippen LogP contribution in [0.3, 0.4) is 0 Å². The van der Waals surface area contributed by atoms with Crippen molar-refractivity contribution >= 4 is 5.91 Å². The Bertz CT molecular complexity index is 233. The van der Waals surface area contributed by atoms with Crippen LogP contribution in [-0.4, -0.2) is 42.5 Å². The smallest absolute Gasteiger partial charge is 0.237 e. The molecule has 0 aliphatic heterocycles. The average Bonchev–Trinajstić information content (AvgIpc) is 2.39. The summed E-state index contributed by atoms with van der Waals surface area (Å²) in [6.07, 6.45) is 7.16. The summed E-state index contributed by atoms with van der Waals surface area (Å²) in [5.41, 5.74) is 5.61. The Hall–Kier alpha value is -0.610. The molecule has 1 aliphatic rings. The van der Waals surface area contributed by atoms with Crippen molar-refractivity contribution in [2.24, 2.45) is 5.73 Å². The Morgan fingerprint density at radius 3 is 2.56 bits per heavy atom. The van der Waals surface area contributed by atoms with Gasteiger partial charge in [-0.15, -0.1) is 0 Å². The van der Waals surface area contributed by atoms with Gasteiger partial charge in [0.05, 0.1) is 6.04 Å². The quantitative estimate of drug-likeness (QED) is 0.725. The number of nitrogens with zero attached hydrogens (tertiary/aromatic N) is 1. The number of hydrogen-bond donors (Lipinski definition) is 2. The van der Waals surface area contributed by atoms with E-state index in [2.05, 4.69) is 17.1 Å². The van der Waals surface area contributed by atoms with Crippen LogP contribution in [0.25, 0.3) is 0 Å². The van der Waals surface area contributed by atoms with E-state index < -0.39 is 0 Å². The summed E-state index contributed by atoms with van der Waals surface area (Å²) in [6, 6.07) is 0.338. The summed E-state index contributed by atoms with van der Waals surface area (Å²) in [5, 5.41) is 3.19. The second kappa shape index (κ2) is 8.48. The molecule has 0 aromatic carbocycles. The predicted molar refractivity (Wildman–Crippen MR) is 75.4 cm³/mol. The van der Waals surface area contributed by atoms with E-state index in [0.717, 1.165) is 32.4 Å². The third-order valence-corrected chi connectivity index (χ3v) is 3.81. The summed E-state index contributed by atoms with van der Waals surface area (Å²) in [4.78, 5) is 14.4. The van der Waals surface area contributed by atoms with Gasteiger partial charge in [-0.1, -0.05) is 26.2 Å². The molecule has 1 amide bonds. The second-order valence-electron chi connectivity index (χ2n) is 5.34. The lowest BCUT2D eigenvalue weighted by Crippen LogP contribution is -2.50. The molecule has 106 valence electrons. The van der Waals surface area contributed by atoms with Crippen LogP contribution in [0.5, 0.6) is 0 Å². The van der Waals surface area contributed by atoms with Gasteiger partial charge in [-0.2, -0.15) is 0 Å². The van der Waals surface area contributed by atoms with E-state index in [9.17, 15) is 4.79 Å². The number of amides is 1. The first-order chi connectivity index (χ1) is 8.69. The summed E-state index contributed by atoms with van der Waals surface area (Å²) in [5.74, 6) is 0.170. The first-order valence-corrected chi connectivity index (χ1v) is 7.43. The first-order valence-electron chi connectivity index (χ1n) is 7.43. The largest absolute Gasteiger partial charge is 0.352 e. The molecule has 4 nitrogen and oxygen atoms in total. The molecule has 3 N–H and O–H groups in total. The van der Waals surface area contributed by atoms with Gasteiger partial charge in [0.1, 0.15) is 0 Å². The Morgan fingerprint density at radius 2 is 2.00 bits per heavy atom. The van der Waals surface area contributed by atoms with Gasteiger partial charge < -0.3 is 11.1 Å². The maximum atomic E-state index is 12.2. The Kier molecular flexibility index (Phi) is 7.28. The van der Waals surface area contributed by atoms with Gasteiger partial charge in [-0.25, -0.2) is 0 Å². The highest BCUT2D eigenvalue weighted by Gasteiger charge is 2.23. The highest BCUT2D eigenvalue weighted by Crippen LogP contribution is 2.17.